The number of nitrogens with one attached hydrogen (secondary N) is 1. The molecule has 9 aromatic rings. The quantitative estimate of drug-likeness (QED) is 0.219. The van der Waals surface area contributed by atoms with Gasteiger partial charge in [0.15, 0.2) is 5.75 Å². The second-order valence-electron chi connectivity index (χ2n) is 10.9. The summed E-state index contributed by atoms with van der Waals surface area (Å²) in [7, 11) is 0. The van der Waals surface area contributed by atoms with Gasteiger partial charge in [0.1, 0.15) is 11.2 Å². The lowest BCUT2D eigenvalue weighted by Crippen LogP contribution is -1.96. The second-order valence-corrected chi connectivity index (χ2v) is 10.9. The molecule has 0 aliphatic rings. The summed E-state index contributed by atoms with van der Waals surface area (Å²) in [6.45, 7) is 0. The number of phenols is 1. The SMILES string of the molecule is Oc1c(Nc2ccc(-n3c4cc5ccccc5cc4c4cc5ccccc5cc43)cc2)ccc2oc3ccccc3c12. The highest BCUT2D eigenvalue weighted by Crippen LogP contribution is 2.41. The zero-order valence-corrected chi connectivity index (χ0v) is 22.5. The molecule has 42 heavy (non-hydrogen) atoms. The van der Waals surface area contributed by atoms with Crippen LogP contribution in [0.2, 0.25) is 0 Å². The van der Waals surface area contributed by atoms with Crippen molar-refractivity contribution in [2.45, 2.75) is 0 Å². The Bertz CT molecular complexity index is 2410. The molecule has 4 nitrogen and oxygen atoms in total. The van der Waals surface area contributed by atoms with Crippen LogP contribution in [-0.4, -0.2) is 9.67 Å². The predicted molar refractivity (Wildman–Crippen MR) is 174 cm³/mol. The van der Waals surface area contributed by atoms with E-state index in [4.69, 9.17) is 4.42 Å². The van der Waals surface area contributed by atoms with Crippen molar-refractivity contribution in [3.63, 3.8) is 0 Å². The molecule has 198 valence electrons. The predicted octanol–water partition coefficient (Wildman–Crippen LogP) is 10.4. The first-order valence-electron chi connectivity index (χ1n) is 14.1. The van der Waals surface area contributed by atoms with Gasteiger partial charge in [-0.1, -0.05) is 66.7 Å². The molecule has 0 saturated carbocycles. The number of furan rings is 1. The Labute approximate surface area is 240 Å². The van der Waals surface area contributed by atoms with Gasteiger partial charge in [-0.05, 0) is 88.3 Å². The number of aromatic hydroxyl groups is 1. The van der Waals surface area contributed by atoms with E-state index in [9.17, 15) is 5.11 Å². The maximum atomic E-state index is 11.2. The molecule has 0 saturated heterocycles. The molecule has 2 aromatic heterocycles. The number of fused-ring (bicyclic) bond motifs is 8. The van der Waals surface area contributed by atoms with E-state index in [1.54, 1.807) is 0 Å². The summed E-state index contributed by atoms with van der Waals surface area (Å²) in [5.74, 6) is 0.183. The van der Waals surface area contributed by atoms with Crippen molar-refractivity contribution in [2.75, 3.05) is 5.32 Å². The standard InChI is InChI=1S/C38H24N2O2/c41-38-32(17-18-36-37(38)29-11-5-6-12-35(29)42-36)39-27-13-15-28(16-14-27)40-33-21-25-9-3-1-7-23(25)19-30(33)31-20-24-8-2-4-10-26(24)22-34(31)40/h1-22,39,41H. The number of hydrogen-bond donors (Lipinski definition) is 2. The molecule has 0 atom stereocenters. The summed E-state index contributed by atoms with van der Waals surface area (Å²) in [4.78, 5) is 0. The first-order chi connectivity index (χ1) is 20.7. The van der Waals surface area contributed by atoms with Gasteiger partial charge >= 0.3 is 0 Å². The fraction of sp³-hybridized carbons (Fsp3) is 0. The first kappa shape index (κ1) is 23.0. The van der Waals surface area contributed by atoms with Crippen molar-refractivity contribution in [3.05, 3.63) is 133 Å². The second kappa shape index (κ2) is 8.63. The third kappa shape index (κ3) is 3.36. The first-order valence-corrected chi connectivity index (χ1v) is 14.1. The van der Waals surface area contributed by atoms with Gasteiger partial charge in [-0.2, -0.15) is 0 Å². The zero-order valence-electron chi connectivity index (χ0n) is 22.5. The molecule has 2 heterocycles. The molecule has 0 amide bonds. The zero-order chi connectivity index (χ0) is 27.8. The van der Waals surface area contributed by atoms with Crippen LogP contribution in [-0.2, 0) is 0 Å². The number of para-hydroxylation sites is 1. The van der Waals surface area contributed by atoms with Gasteiger partial charge in [0, 0.05) is 27.5 Å². The maximum absolute atomic E-state index is 11.2. The monoisotopic (exact) mass is 540 g/mol. The number of benzene rings is 7. The molecule has 0 fully saturated rings. The lowest BCUT2D eigenvalue weighted by atomic mass is 10.0. The van der Waals surface area contributed by atoms with Gasteiger partial charge in [-0.25, -0.2) is 0 Å². The minimum Gasteiger partial charge on any atom is -0.505 e. The minimum atomic E-state index is 0.183. The minimum absolute atomic E-state index is 0.183. The van der Waals surface area contributed by atoms with Crippen molar-refractivity contribution in [1.82, 2.24) is 4.57 Å². The van der Waals surface area contributed by atoms with Gasteiger partial charge in [0.05, 0.1) is 22.1 Å². The van der Waals surface area contributed by atoms with Crippen LogP contribution < -0.4 is 5.32 Å². The van der Waals surface area contributed by atoms with Crippen LogP contribution >= 0.6 is 0 Å². The molecule has 7 aromatic carbocycles. The number of nitrogens with zero attached hydrogens (tertiary/aromatic N) is 1. The molecule has 0 unspecified atom stereocenters. The van der Waals surface area contributed by atoms with Crippen molar-refractivity contribution in [2.24, 2.45) is 0 Å². The summed E-state index contributed by atoms with van der Waals surface area (Å²) in [5.41, 5.74) is 6.38. The Balaban J connectivity index is 1.19. The van der Waals surface area contributed by atoms with Crippen molar-refractivity contribution < 1.29 is 9.52 Å². The van der Waals surface area contributed by atoms with E-state index in [1.807, 2.05) is 36.4 Å². The summed E-state index contributed by atoms with van der Waals surface area (Å²) in [6, 6.07) is 46.2. The Morgan fingerprint density at radius 1 is 0.524 bits per heavy atom. The van der Waals surface area contributed by atoms with Crippen LogP contribution in [0.25, 0.3) is 71.0 Å². The van der Waals surface area contributed by atoms with Gasteiger partial charge in [0.2, 0.25) is 0 Å². The Morgan fingerprint density at radius 2 is 1.10 bits per heavy atom. The third-order valence-corrected chi connectivity index (χ3v) is 8.42. The van der Waals surface area contributed by atoms with Gasteiger partial charge < -0.3 is 19.4 Å². The number of hydrogen-bond acceptors (Lipinski definition) is 3. The van der Waals surface area contributed by atoms with Crippen LogP contribution in [0.5, 0.6) is 5.75 Å². The average Bonchev–Trinajstić information content (AvgIpc) is 3.56. The largest absolute Gasteiger partial charge is 0.505 e. The lowest BCUT2D eigenvalue weighted by molar-refractivity contribution is 0.484. The molecule has 4 heteroatoms. The molecule has 0 aliphatic carbocycles. The highest BCUT2D eigenvalue weighted by atomic mass is 16.3. The van der Waals surface area contributed by atoms with Crippen molar-refractivity contribution in [1.29, 1.82) is 0 Å². The van der Waals surface area contributed by atoms with Crippen LogP contribution in [0.15, 0.2) is 138 Å². The molecule has 0 aliphatic heterocycles. The molecular formula is C38H24N2O2. The number of phenolic OH excluding ortho intramolecular Hbond substituents is 1. The van der Waals surface area contributed by atoms with Crippen LogP contribution in [0.3, 0.4) is 0 Å². The van der Waals surface area contributed by atoms with Crippen LogP contribution in [0, 0.1) is 0 Å². The van der Waals surface area contributed by atoms with Gasteiger partial charge in [-0.3, -0.25) is 0 Å². The Kier molecular flexibility index (Phi) is 4.73. The average molecular weight is 541 g/mol. The van der Waals surface area contributed by atoms with Crippen molar-refractivity contribution in [3.8, 4) is 11.4 Å². The van der Waals surface area contributed by atoms with E-state index in [0.29, 0.717) is 11.3 Å². The lowest BCUT2D eigenvalue weighted by Gasteiger charge is -2.12. The summed E-state index contributed by atoms with van der Waals surface area (Å²) in [6.07, 6.45) is 0. The number of rotatable bonds is 3. The number of anilines is 2. The smallest absolute Gasteiger partial charge is 0.150 e. The highest BCUT2D eigenvalue weighted by molar-refractivity contribution is 6.16. The van der Waals surface area contributed by atoms with E-state index < -0.39 is 0 Å². The highest BCUT2D eigenvalue weighted by Gasteiger charge is 2.16. The Morgan fingerprint density at radius 3 is 1.74 bits per heavy atom. The van der Waals surface area contributed by atoms with Gasteiger partial charge in [0.25, 0.3) is 0 Å². The van der Waals surface area contributed by atoms with E-state index in [-0.39, 0.29) is 5.75 Å². The molecule has 0 bridgehead atoms. The van der Waals surface area contributed by atoms with E-state index in [0.717, 1.165) is 27.7 Å². The summed E-state index contributed by atoms with van der Waals surface area (Å²) < 4.78 is 8.28. The summed E-state index contributed by atoms with van der Waals surface area (Å²) >= 11 is 0. The van der Waals surface area contributed by atoms with E-state index >= 15 is 0 Å². The van der Waals surface area contributed by atoms with E-state index in [1.165, 1.54) is 43.4 Å². The molecule has 9 rings (SSSR count). The Hall–Kier alpha value is -5.74. The van der Waals surface area contributed by atoms with Crippen LogP contribution in [0.1, 0.15) is 0 Å². The molecule has 0 spiro atoms. The summed E-state index contributed by atoms with van der Waals surface area (Å²) in [5, 5.41) is 23.6. The normalized spacial score (nSPS) is 11.9. The van der Waals surface area contributed by atoms with Crippen LogP contribution in [0.4, 0.5) is 11.4 Å². The number of aromatic nitrogens is 1. The van der Waals surface area contributed by atoms with Crippen molar-refractivity contribution >= 4 is 76.7 Å². The third-order valence-electron chi connectivity index (χ3n) is 8.42. The van der Waals surface area contributed by atoms with E-state index in [2.05, 4.69) is 107 Å². The fourth-order valence-corrected chi connectivity index (χ4v) is 6.41. The molecule has 0 radical (unpaired) electrons. The maximum Gasteiger partial charge on any atom is 0.150 e. The molecular weight excluding hydrogens is 516 g/mol. The topological polar surface area (TPSA) is 50.3 Å². The fourth-order valence-electron chi connectivity index (χ4n) is 6.41. The molecule has 2 N–H and O–H groups in total. The van der Waals surface area contributed by atoms with Gasteiger partial charge in [-0.15, -0.1) is 0 Å².